The van der Waals surface area contributed by atoms with Crippen LogP contribution in [0, 0.1) is 0 Å². The summed E-state index contributed by atoms with van der Waals surface area (Å²) >= 11 is 3.55. The molecule has 0 saturated heterocycles. The summed E-state index contributed by atoms with van der Waals surface area (Å²) < 4.78 is 7.28. The third-order valence-electron chi connectivity index (χ3n) is 4.99. The van der Waals surface area contributed by atoms with Crippen molar-refractivity contribution in [1.82, 2.24) is 0 Å². The van der Waals surface area contributed by atoms with E-state index in [2.05, 4.69) is 46.3 Å². The molecular weight excluding hydrogens is 364 g/mol. The Balaban J connectivity index is 1.57. The van der Waals surface area contributed by atoms with Gasteiger partial charge in [0.1, 0.15) is 18.3 Å². The second-order valence-corrected chi connectivity index (χ2v) is 7.29. The van der Waals surface area contributed by atoms with E-state index >= 15 is 0 Å². The number of ether oxygens (including phenoxy) is 1. The maximum absolute atomic E-state index is 10.7. The van der Waals surface area contributed by atoms with Gasteiger partial charge in [-0.05, 0) is 51.6 Å². The van der Waals surface area contributed by atoms with Gasteiger partial charge in [0.2, 0.25) is 0 Å². The highest BCUT2D eigenvalue weighted by atomic mass is 79.9. The summed E-state index contributed by atoms with van der Waals surface area (Å²) in [7, 11) is 0. The topological polar surface area (TPSA) is 29.5 Å². The number of aliphatic hydroxyl groups is 1. The van der Waals surface area contributed by atoms with Crippen molar-refractivity contribution in [3.63, 3.8) is 0 Å². The Hall–Kier alpha value is -1.94. The second-order valence-electron chi connectivity index (χ2n) is 6.37. The average molecular weight is 379 g/mol. The van der Waals surface area contributed by atoms with Gasteiger partial charge in [0, 0.05) is 4.47 Å². The molecule has 0 spiro atoms. The van der Waals surface area contributed by atoms with E-state index in [9.17, 15) is 5.11 Å². The summed E-state index contributed by atoms with van der Waals surface area (Å²) in [4.78, 5) is 0. The Bertz CT molecular complexity index is 936. The monoisotopic (exact) mass is 378 g/mol. The molecular formula is C21H15BrO2. The fourth-order valence-electron chi connectivity index (χ4n) is 3.83. The predicted octanol–water partition coefficient (Wildman–Crippen LogP) is 5.05. The van der Waals surface area contributed by atoms with Crippen molar-refractivity contribution in [1.29, 1.82) is 0 Å². The van der Waals surface area contributed by atoms with Crippen LogP contribution in [0.1, 0.15) is 51.7 Å². The molecule has 118 valence electrons. The number of fused-ring (bicyclic) bond motifs is 8. The predicted molar refractivity (Wildman–Crippen MR) is 95.9 cm³/mol. The van der Waals surface area contributed by atoms with Crippen molar-refractivity contribution in [3.8, 4) is 0 Å². The van der Waals surface area contributed by atoms with E-state index in [1.807, 2.05) is 36.4 Å². The van der Waals surface area contributed by atoms with E-state index in [0.717, 1.165) is 15.6 Å². The van der Waals surface area contributed by atoms with Crippen LogP contribution >= 0.6 is 15.9 Å². The van der Waals surface area contributed by atoms with Crippen LogP contribution in [0.2, 0.25) is 0 Å². The van der Waals surface area contributed by atoms with Gasteiger partial charge in [-0.25, -0.2) is 0 Å². The second kappa shape index (κ2) is 5.28. The zero-order valence-electron chi connectivity index (χ0n) is 12.8. The van der Waals surface area contributed by atoms with Crippen molar-refractivity contribution in [3.05, 3.63) is 105 Å². The number of halogens is 1. The van der Waals surface area contributed by atoms with Crippen LogP contribution in [-0.2, 0) is 4.74 Å². The molecule has 2 heterocycles. The van der Waals surface area contributed by atoms with E-state index in [-0.39, 0.29) is 12.2 Å². The Morgan fingerprint density at radius 2 is 1.42 bits per heavy atom. The number of rotatable bonds is 2. The van der Waals surface area contributed by atoms with E-state index in [1.54, 1.807) is 0 Å². The molecule has 3 atom stereocenters. The molecule has 0 radical (unpaired) electrons. The van der Waals surface area contributed by atoms with E-state index in [1.165, 1.54) is 22.3 Å². The first kappa shape index (κ1) is 14.4. The molecule has 2 aliphatic heterocycles. The summed E-state index contributed by atoms with van der Waals surface area (Å²) in [5.41, 5.74) is 6.70. The molecule has 0 saturated carbocycles. The summed E-state index contributed by atoms with van der Waals surface area (Å²) in [5, 5.41) is 10.7. The van der Waals surface area contributed by atoms with E-state index in [0.29, 0.717) is 0 Å². The standard InChI is InChI=1S/C21H15BrO2/c22-14-7-9-16-18(11-14)21-17-10-13(6-8-15(17)20(16)24-21)19(23)12-4-2-1-3-5-12/h1-11,19-21,23H/t19-,20+,21-/m1/s1. The highest BCUT2D eigenvalue weighted by Crippen LogP contribution is 2.54. The lowest BCUT2D eigenvalue weighted by atomic mass is 9.84. The summed E-state index contributed by atoms with van der Waals surface area (Å²) in [6.45, 7) is 0. The molecule has 3 aromatic carbocycles. The highest BCUT2D eigenvalue weighted by Gasteiger charge is 2.42. The Kier molecular flexibility index (Phi) is 3.17. The number of aliphatic hydroxyl groups excluding tert-OH is 1. The molecule has 0 amide bonds. The smallest absolute Gasteiger partial charge is 0.110 e. The number of hydrogen-bond acceptors (Lipinski definition) is 2. The third-order valence-corrected chi connectivity index (χ3v) is 5.49. The van der Waals surface area contributed by atoms with Crippen molar-refractivity contribution in [2.45, 2.75) is 18.3 Å². The maximum Gasteiger partial charge on any atom is 0.110 e. The summed E-state index contributed by atoms with van der Waals surface area (Å²) in [6, 6.07) is 22.3. The highest BCUT2D eigenvalue weighted by molar-refractivity contribution is 9.10. The van der Waals surface area contributed by atoms with Gasteiger partial charge in [-0.3, -0.25) is 0 Å². The molecule has 3 aromatic rings. The van der Waals surface area contributed by atoms with Crippen molar-refractivity contribution < 1.29 is 9.84 Å². The van der Waals surface area contributed by atoms with Gasteiger partial charge in [0.25, 0.3) is 0 Å². The minimum atomic E-state index is -0.613. The Morgan fingerprint density at radius 1 is 0.750 bits per heavy atom. The largest absolute Gasteiger partial charge is 0.384 e. The van der Waals surface area contributed by atoms with Gasteiger partial charge in [-0.15, -0.1) is 0 Å². The molecule has 2 nitrogen and oxygen atoms in total. The summed E-state index contributed by atoms with van der Waals surface area (Å²) in [6.07, 6.45) is -0.617. The summed E-state index contributed by atoms with van der Waals surface area (Å²) in [5.74, 6) is 0. The average Bonchev–Trinajstić information content (AvgIpc) is 3.18. The van der Waals surface area contributed by atoms with E-state index in [4.69, 9.17) is 4.74 Å². The van der Waals surface area contributed by atoms with Gasteiger partial charge >= 0.3 is 0 Å². The van der Waals surface area contributed by atoms with Gasteiger partial charge in [0.05, 0.1) is 0 Å². The Labute approximate surface area is 148 Å². The third kappa shape index (κ3) is 2.02. The zero-order valence-corrected chi connectivity index (χ0v) is 14.4. The molecule has 5 rings (SSSR count). The van der Waals surface area contributed by atoms with Gasteiger partial charge in [0.15, 0.2) is 0 Å². The quantitative estimate of drug-likeness (QED) is 0.675. The van der Waals surface area contributed by atoms with Crippen molar-refractivity contribution in [2.24, 2.45) is 0 Å². The van der Waals surface area contributed by atoms with Crippen molar-refractivity contribution >= 4 is 15.9 Å². The molecule has 0 fully saturated rings. The first-order valence-corrected chi connectivity index (χ1v) is 8.83. The zero-order chi connectivity index (χ0) is 16.3. The number of benzene rings is 3. The Morgan fingerprint density at radius 3 is 2.21 bits per heavy atom. The van der Waals surface area contributed by atoms with Crippen LogP contribution in [0.15, 0.2) is 71.2 Å². The molecule has 0 aliphatic carbocycles. The minimum Gasteiger partial charge on any atom is -0.384 e. The number of hydrogen-bond donors (Lipinski definition) is 1. The molecule has 2 aliphatic rings. The van der Waals surface area contributed by atoms with Crippen LogP contribution in [0.3, 0.4) is 0 Å². The van der Waals surface area contributed by atoms with Crippen LogP contribution in [0.25, 0.3) is 0 Å². The lowest BCUT2D eigenvalue weighted by Gasteiger charge is -2.19. The van der Waals surface area contributed by atoms with Crippen molar-refractivity contribution in [2.75, 3.05) is 0 Å². The molecule has 0 aromatic heterocycles. The first-order valence-electron chi connectivity index (χ1n) is 8.04. The first-order chi connectivity index (χ1) is 11.7. The fourth-order valence-corrected chi connectivity index (χ4v) is 4.21. The normalized spacial score (nSPS) is 21.4. The van der Waals surface area contributed by atoms with Crippen LogP contribution < -0.4 is 0 Å². The fraction of sp³-hybridized carbons (Fsp3) is 0.143. The SMILES string of the molecule is O[C@H](c1ccccc1)c1ccc2c(c1)[C@H]1O[C@@H]2c2ccc(Br)cc21. The lowest BCUT2D eigenvalue weighted by Crippen LogP contribution is -2.06. The molecule has 24 heavy (non-hydrogen) atoms. The molecule has 2 bridgehead atoms. The van der Waals surface area contributed by atoms with Gasteiger partial charge in [-0.2, -0.15) is 0 Å². The van der Waals surface area contributed by atoms with Crippen LogP contribution in [0.5, 0.6) is 0 Å². The van der Waals surface area contributed by atoms with E-state index < -0.39 is 6.10 Å². The van der Waals surface area contributed by atoms with Gasteiger partial charge < -0.3 is 9.84 Å². The molecule has 3 heteroatoms. The van der Waals surface area contributed by atoms with Gasteiger partial charge in [-0.1, -0.05) is 64.5 Å². The minimum absolute atomic E-state index is 0.0241. The lowest BCUT2D eigenvalue weighted by molar-refractivity contribution is 0.0857. The maximum atomic E-state index is 10.7. The van der Waals surface area contributed by atoms with Crippen LogP contribution in [0.4, 0.5) is 0 Å². The molecule has 1 N–H and O–H groups in total. The van der Waals surface area contributed by atoms with Crippen LogP contribution in [-0.4, -0.2) is 5.11 Å². The molecule has 0 unspecified atom stereocenters.